The maximum Gasteiger partial charge on any atom is 0.332 e. The molecule has 0 radical (unpaired) electrons. The monoisotopic (exact) mass is 639 g/mol. The number of carbonyl (C=O) groups is 2. The second kappa shape index (κ2) is 10.3. The van der Waals surface area contributed by atoms with Gasteiger partial charge in [-0.25, -0.2) is 4.79 Å². The minimum Gasteiger partial charge on any atom is -0.502 e. The van der Waals surface area contributed by atoms with Crippen LogP contribution in [0.25, 0.3) is 0 Å². The van der Waals surface area contributed by atoms with E-state index < -0.39 is 40.3 Å². The molecule has 1 aliphatic carbocycles. The van der Waals surface area contributed by atoms with Gasteiger partial charge in [0.25, 0.3) is 5.56 Å². The number of methoxy groups -OCH3 is 4. The molecule has 0 amide bonds. The fourth-order valence-corrected chi connectivity index (χ4v) is 6.87. The summed E-state index contributed by atoms with van der Waals surface area (Å²) in [6.45, 7) is 1.70. The number of hydrogen-bond donors (Lipinski definition) is 2. The zero-order chi connectivity index (χ0) is 32.7. The topological polar surface area (TPSA) is 157 Å². The van der Waals surface area contributed by atoms with Crippen LogP contribution in [0.1, 0.15) is 40.7 Å². The molecule has 236 valence electrons. The summed E-state index contributed by atoms with van der Waals surface area (Å²) in [6.07, 6.45) is 0.115. The molecule has 14 heteroatoms. The quantitative estimate of drug-likeness (QED) is 0.396. The number of halogens is 1. The molecule has 45 heavy (non-hydrogen) atoms. The first-order valence-electron chi connectivity index (χ1n) is 13.9. The number of anilines is 1. The Bertz CT molecular complexity index is 1970. The summed E-state index contributed by atoms with van der Waals surface area (Å²) in [7, 11) is 8.30. The van der Waals surface area contributed by atoms with E-state index in [1.54, 1.807) is 6.92 Å². The number of allylic oxidation sites excluding steroid dienone is 1. The van der Waals surface area contributed by atoms with Crippen molar-refractivity contribution in [2.75, 3.05) is 33.8 Å². The fourth-order valence-electron chi connectivity index (χ4n) is 6.60. The van der Waals surface area contributed by atoms with Gasteiger partial charge < -0.3 is 34.1 Å². The summed E-state index contributed by atoms with van der Waals surface area (Å²) in [5.41, 5.74) is -2.47. The number of carbonyl (C=O) groups excluding carboxylic acids is 2. The number of Topliss-reactive ketones (excluding diaryl/α,β-unsaturated/α-hetero) is 2. The van der Waals surface area contributed by atoms with E-state index in [0.717, 1.165) is 4.57 Å². The predicted octanol–water partition coefficient (Wildman–Crippen LogP) is 2.91. The molecule has 1 spiro atoms. The average molecular weight is 640 g/mol. The highest BCUT2D eigenvalue weighted by atomic mass is 35.5. The number of benzene rings is 2. The van der Waals surface area contributed by atoms with Gasteiger partial charge in [0.15, 0.2) is 17.2 Å². The molecular formula is C31H30ClN3O10. The van der Waals surface area contributed by atoms with Gasteiger partial charge in [0.2, 0.25) is 22.9 Å². The summed E-state index contributed by atoms with van der Waals surface area (Å²) in [5, 5.41) is 13.8. The second-order valence-corrected chi connectivity index (χ2v) is 11.5. The van der Waals surface area contributed by atoms with Gasteiger partial charge in [-0.05, 0) is 24.1 Å². The lowest BCUT2D eigenvalue weighted by molar-refractivity contribution is -0.130. The van der Waals surface area contributed by atoms with E-state index in [-0.39, 0.29) is 68.5 Å². The van der Waals surface area contributed by atoms with E-state index in [1.807, 2.05) is 0 Å². The molecule has 2 aliphatic heterocycles. The smallest absolute Gasteiger partial charge is 0.332 e. The third-order valence-corrected chi connectivity index (χ3v) is 9.27. The highest BCUT2D eigenvalue weighted by molar-refractivity contribution is 6.36. The van der Waals surface area contributed by atoms with Crippen molar-refractivity contribution in [3.63, 3.8) is 0 Å². The van der Waals surface area contributed by atoms with Crippen LogP contribution in [0.3, 0.4) is 0 Å². The third-order valence-electron chi connectivity index (χ3n) is 8.91. The zero-order valence-electron chi connectivity index (χ0n) is 25.5. The minimum atomic E-state index is -2.07. The van der Waals surface area contributed by atoms with Gasteiger partial charge in [0.05, 0.1) is 34.0 Å². The van der Waals surface area contributed by atoms with Crippen molar-refractivity contribution in [2.24, 2.45) is 20.0 Å². The van der Waals surface area contributed by atoms with Crippen molar-refractivity contribution in [1.29, 1.82) is 0 Å². The summed E-state index contributed by atoms with van der Waals surface area (Å²) in [6, 6.07) is 4.40. The van der Waals surface area contributed by atoms with Crippen molar-refractivity contribution >= 4 is 29.0 Å². The highest BCUT2D eigenvalue weighted by Crippen LogP contribution is 2.57. The molecule has 1 aromatic heterocycles. The Balaban J connectivity index is 1.65. The molecule has 3 heterocycles. The molecule has 0 saturated carbocycles. The van der Waals surface area contributed by atoms with Crippen LogP contribution >= 0.6 is 11.6 Å². The van der Waals surface area contributed by atoms with Crippen LogP contribution < -0.4 is 40.3 Å². The second-order valence-electron chi connectivity index (χ2n) is 11.1. The van der Waals surface area contributed by atoms with E-state index in [2.05, 4.69) is 5.32 Å². The number of ketones is 2. The number of nitrogens with zero attached hydrogens (tertiary/aromatic N) is 2. The van der Waals surface area contributed by atoms with Crippen LogP contribution in [-0.4, -0.2) is 59.8 Å². The first-order chi connectivity index (χ1) is 21.4. The van der Waals surface area contributed by atoms with Gasteiger partial charge in [0, 0.05) is 43.3 Å². The lowest BCUT2D eigenvalue weighted by Gasteiger charge is -2.42. The number of fused-ring (bicyclic) bond motifs is 2. The van der Waals surface area contributed by atoms with Gasteiger partial charge in [-0.15, -0.1) is 0 Å². The number of phenols is 1. The SMILES string of the molecule is COc1cc(C2C3=C(C[C@@H](C)[C@]4(Oc5c(Cl)c(OC)cc(OC)c5C4=O)C3=O)Nc3c2c(=O)n(C)c(=O)n3C)cc(OC)c1O. The number of phenolic OH excluding ortho intramolecular Hbond substituents is 1. The summed E-state index contributed by atoms with van der Waals surface area (Å²) >= 11 is 6.61. The Morgan fingerprint density at radius 3 is 2.09 bits per heavy atom. The summed E-state index contributed by atoms with van der Waals surface area (Å²) in [5.74, 6) is -3.05. The molecule has 13 nitrogen and oxygen atoms in total. The molecule has 1 unspecified atom stereocenters. The Morgan fingerprint density at radius 2 is 1.51 bits per heavy atom. The molecule has 3 aliphatic rings. The number of rotatable bonds is 5. The third kappa shape index (κ3) is 3.86. The molecular weight excluding hydrogens is 610 g/mol. The summed E-state index contributed by atoms with van der Waals surface area (Å²) < 4.78 is 30.2. The van der Waals surface area contributed by atoms with Gasteiger partial charge in [-0.3, -0.25) is 23.5 Å². The standard InChI is InChI=1S/C31H30ClN3O10/c1-12-8-14-20(26(37)31(12)27(38)21-15(41-4)11-16(42-5)23(32)25(21)45-31)19(13-9-17(43-6)24(36)18(10-13)44-7)22-28(33-14)34(2)30(40)35(3)29(22)39/h9-12,19,33,36H,8H2,1-7H3/t12-,19?,31+/m1/s1. The van der Waals surface area contributed by atoms with Crippen LogP contribution in [0.15, 0.2) is 39.1 Å². The molecule has 2 N–H and O–H groups in total. The summed E-state index contributed by atoms with van der Waals surface area (Å²) in [4.78, 5) is 56.3. The van der Waals surface area contributed by atoms with Crippen LogP contribution in [-0.2, 0) is 18.9 Å². The molecule has 3 atom stereocenters. The average Bonchev–Trinajstić information content (AvgIpc) is 3.35. The van der Waals surface area contributed by atoms with Crippen LogP contribution in [0.4, 0.5) is 5.82 Å². The molecule has 0 saturated heterocycles. The lowest BCUT2D eigenvalue weighted by atomic mass is 9.66. The number of hydrogen-bond acceptors (Lipinski definition) is 11. The Kier molecular flexibility index (Phi) is 6.92. The van der Waals surface area contributed by atoms with E-state index >= 15 is 4.79 Å². The molecule has 3 aromatic rings. The van der Waals surface area contributed by atoms with E-state index in [4.69, 9.17) is 35.3 Å². The molecule has 0 fully saturated rings. The molecule has 2 aromatic carbocycles. The Hall–Kier alpha value is -4.91. The molecule has 6 rings (SSSR count). The van der Waals surface area contributed by atoms with Gasteiger partial charge >= 0.3 is 5.69 Å². The zero-order valence-corrected chi connectivity index (χ0v) is 26.2. The Morgan fingerprint density at radius 1 is 0.911 bits per heavy atom. The van der Waals surface area contributed by atoms with Crippen LogP contribution in [0, 0.1) is 5.92 Å². The maximum atomic E-state index is 15.0. The Labute approximate surface area is 261 Å². The van der Waals surface area contributed by atoms with Crippen molar-refractivity contribution in [3.8, 4) is 34.5 Å². The lowest BCUT2D eigenvalue weighted by Crippen LogP contribution is -2.58. The van der Waals surface area contributed by atoms with E-state index in [9.17, 15) is 19.5 Å². The highest BCUT2D eigenvalue weighted by Gasteiger charge is 2.64. The van der Waals surface area contributed by atoms with Gasteiger partial charge in [-0.2, -0.15) is 0 Å². The van der Waals surface area contributed by atoms with Crippen molar-refractivity contribution in [3.05, 3.63) is 72.0 Å². The number of nitrogens with one attached hydrogen (secondary N) is 1. The number of aromatic hydroxyl groups is 1. The minimum absolute atomic E-state index is 0.000416. The first kappa shape index (κ1) is 30.1. The first-order valence-corrected chi connectivity index (χ1v) is 14.2. The maximum absolute atomic E-state index is 15.0. The predicted molar refractivity (Wildman–Crippen MR) is 162 cm³/mol. The van der Waals surface area contributed by atoms with E-state index in [1.165, 1.54) is 65.3 Å². The fraction of sp³-hybridized carbons (Fsp3) is 0.355. The van der Waals surface area contributed by atoms with Crippen LogP contribution in [0.2, 0.25) is 5.02 Å². The van der Waals surface area contributed by atoms with Gasteiger partial charge in [-0.1, -0.05) is 18.5 Å². The van der Waals surface area contributed by atoms with E-state index in [0.29, 0.717) is 11.3 Å². The number of ether oxygens (including phenoxy) is 5. The number of aromatic nitrogens is 2. The van der Waals surface area contributed by atoms with Gasteiger partial charge in [0.1, 0.15) is 27.9 Å². The van der Waals surface area contributed by atoms with Crippen molar-refractivity contribution < 1.29 is 38.4 Å². The largest absolute Gasteiger partial charge is 0.502 e. The van der Waals surface area contributed by atoms with Crippen molar-refractivity contribution in [2.45, 2.75) is 24.9 Å². The van der Waals surface area contributed by atoms with Crippen LogP contribution in [0.5, 0.6) is 34.5 Å². The normalized spacial score (nSPS) is 21.5. The van der Waals surface area contributed by atoms with Crippen molar-refractivity contribution in [1.82, 2.24) is 9.13 Å². The molecule has 0 bridgehead atoms.